The average Bonchev–Trinajstić information content (AvgIpc) is 2.41. The van der Waals surface area contributed by atoms with Crippen molar-refractivity contribution in [3.63, 3.8) is 0 Å². The number of carbonyl (C=O) groups excluding carboxylic acids is 1. The van der Waals surface area contributed by atoms with Crippen LogP contribution in [0.4, 0.5) is 0 Å². The van der Waals surface area contributed by atoms with Gasteiger partial charge in [0.25, 0.3) is 0 Å². The largest absolute Gasteiger partial charge is 0.378 e. The van der Waals surface area contributed by atoms with E-state index in [4.69, 9.17) is 9.47 Å². The minimum atomic E-state index is 0.0321. The van der Waals surface area contributed by atoms with Crippen LogP contribution in [0.1, 0.15) is 32.1 Å². The second-order valence-electron chi connectivity index (χ2n) is 5.03. The number of hydrogen-bond donors (Lipinski definition) is 2. The van der Waals surface area contributed by atoms with Gasteiger partial charge in [0.1, 0.15) is 0 Å². The molecule has 0 aromatic carbocycles. The van der Waals surface area contributed by atoms with Gasteiger partial charge in [-0.05, 0) is 25.7 Å². The summed E-state index contributed by atoms with van der Waals surface area (Å²) in [7, 11) is 0. The molecular weight excluding hydrogens is 232 g/mol. The number of morpholine rings is 1. The van der Waals surface area contributed by atoms with E-state index in [0.29, 0.717) is 25.7 Å². The van der Waals surface area contributed by atoms with E-state index in [1.54, 1.807) is 0 Å². The molecule has 5 nitrogen and oxygen atoms in total. The van der Waals surface area contributed by atoms with E-state index in [-0.39, 0.29) is 12.0 Å². The molecule has 2 saturated heterocycles. The Labute approximate surface area is 109 Å². The Bertz CT molecular complexity index is 249. The van der Waals surface area contributed by atoms with Crippen molar-refractivity contribution >= 4 is 5.91 Å². The van der Waals surface area contributed by atoms with Crippen LogP contribution in [-0.4, -0.2) is 51.0 Å². The molecule has 2 atom stereocenters. The molecule has 18 heavy (non-hydrogen) atoms. The van der Waals surface area contributed by atoms with Crippen LogP contribution in [0.2, 0.25) is 0 Å². The highest BCUT2D eigenvalue weighted by atomic mass is 16.5. The average molecular weight is 256 g/mol. The maximum Gasteiger partial charge on any atom is 0.222 e. The Balaban J connectivity index is 1.53. The van der Waals surface area contributed by atoms with E-state index >= 15 is 0 Å². The summed E-state index contributed by atoms with van der Waals surface area (Å²) >= 11 is 0. The molecule has 2 N–H and O–H groups in total. The molecule has 2 aliphatic heterocycles. The van der Waals surface area contributed by atoms with Gasteiger partial charge >= 0.3 is 0 Å². The van der Waals surface area contributed by atoms with E-state index < -0.39 is 0 Å². The van der Waals surface area contributed by atoms with Crippen molar-refractivity contribution in [3.8, 4) is 0 Å². The lowest BCUT2D eigenvalue weighted by atomic mass is 10.1. The lowest BCUT2D eigenvalue weighted by Crippen LogP contribution is -2.41. The fourth-order valence-corrected chi connectivity index (χ4v) is 2.44. The minimum Gasteiger partial charge on any atom is -0.378 e. The Kier molecular flexibility index (Phi) is 5.90. The number of nitrogens with one attached hydrogen (secondary N) is 2. The molecule has 2 heterocycles. The smallest absolute Gasteiger partial charge is 0.222 e. The first-order chi connectivity index (χ1) is 8.84. The van der Waals surface area contributed by atoms with Crippen molar-refractivity contribution in [3.05, 3.63) is 0 Å². The van der Waals surface area contributed by atoms with E-state index in [1.807, 2.05) is 0 Å². The normalized spacial score (nSPS) is 28.9. The van der Waals surface area contributed by atoms with Crippen molar-refractivity contribution in [2.75, 3.05) is 32.8 Å². The molecule has 0 radical (unpaired) electrons. The van der Waals surface area contributed by atoms with Gasteiger partial charge in [-0.25, -0.2) is 0 Å². The number of ether oxygens (including phenoxy) is 2. The molecule has 2 fully saturated rings. The van der Waals surface area contributed by atoms with Crippen molar-refractivity contribution in [1.29, 1.82) is 0 Å². The third kappa shape index (κ3) is 4.92. The van der Waals surface area contributed by atoms with Gasteiger partial charge in [0.15, 0.2) is 0 Å². The second kappa shape index (κ2) is 7.71. The van der Waals surface area contributed by atoms with Gasteiger partial charge in [-0.2, -0.15) is 0 Å². The topological polar surface area (TPSA) is 59.6 Å². The van der Waals surface area contributed by atoms with E-state index in [1.165, 1.54) is 12.8 Å². The Hall–Kier alpha value is -0.650. The maximum absolute atomic E-state index is 11.7. The zero-order valence-corrected chi connectivity index (χ0v) is 11.0. The van der Waals surface area contributed by atoms with Crippen molar-refractivity contribution in [1.82, 2.24) is 10.6 Å². The van der Waals surface area contributed by atoms with Crippen molar-refractivity contribution < 1.29 is 14.3 Å². The fraction of sp³-hybridized carbons (Fsp3) is 0.923. The Morgan fingerprint density at radius 2 is 2.11 bits per heavy atom. The lowest BCUT2D eigenvalue weighted by Gasteiger charge is -2.24. The lowest BCUT2D eigenvalue weighted by molar-refractivity contribution is -0.124. The summed E-state index contributed by atoms with van der Waals surface area (Å²) in [6, 6.07) is 0. The van der Waals surface area contributed by atoms with Gasteiger partial charge in [0.2, 0.25) is 5.91 Å². The maximum atomic E-state index is 11.7. The molecule has 5 heteroatoms. The summed E-state index contributed by atoms with van der Waals surface area (Å²) in [6.07, 6.45) is 5.31. The van der Waals surface area contributed by atoms with E-state index in [0.717, 1.165) is 32.5 Å². The van der Waals surface area contributed by atoms with Crippen molar-refractivity contribution in [2.45, 2.75) is 44.3 Å². The van der Waals surface area contributed by atoms with Crippen LogP contribution in [-0.2, 0) is 14.3 Å². The predicted molar refractivity (Wildman–Crippen MR) is 68.4 cm³/mol. The van der Waals surface area contributed by atoms with Gasteiger partial charge in [-0.3, -0.25) is 4.79 Å². The van der Waals surface area contributed by atoms with Crippen molar-refractivity contribution in [2.24, 2.45) is 0 Å². The van der Waals surface area contributed by atoms with E-state index in [9.17, 15) is 4.79 Å². The quantitative estimate of drug-likeness (QED) is 0.749. The summed E-state index contributed by atoms with van der Waals surface area (Å²) in [5.41, 5.74) is 0. The van der Waals surface area contributed by atoms with E-state index in [2.05, 4.69) is 10.6 Å². The van der Waals surface area contributed by atoms with Gasteiger partial charge in [-0.1, -0.05) is 0 Å². The highest BCUT2D eigenvalue weighted by molar-refractivity contribution is 5.76. The third-order valence-electron chi connectivity index (χ3n) is 3.48. The molecule has 104 valence electrons. The zero-order valence-electron chi connectivity index (χ0n) is 11.0. The molecule has 0 aliphatic carbocycles. The van der Waals surface area contributed by atoms with Crippen LogP contribution in [0.25, 0.3) is 0 Å². The molecular formula is C13H24N2O3. The Morgan fingerprint density at radius 1 is 1.22 bits per heavy atom. The highest BCUT2D eigenvalue weighted by Gasteiger charge is 2.18. The molecule has 1 amide bonds. The fourth-order valence-electron chi connectivity index (χ4n) is 2.44. The van der Waals surface area contributed by atoms with Gasteiger partial charge in [-0.15, -0.1) is 0 Å². The predicted octanol–water partition coefficient (Wildman–Crippen LogP) is 0.440. The SMILES string of the molecule is O=C(CC1CNCCO1)NCCC1CCCCO1. The molecule has 2 unspecified atom stereocenters. The number of carbonyl (C=O) groups is 1. The van der Waals surface area contributed by atoms with Crippen LogP contribution in [0, 0.1) is 0 Å². The standard InChI is InChI=1S/C13H24N2O3/c16-13(9-12-10-14-6-8-18-12)15-5-4-11-3-1-2-7-17-11/h11-12,14H,1-10H2,(H,15,16). The molecule has 2 aliphatic rings. The summed E-state index contributed by atoms with van der Waals surface area (Å²) in [6.45, 7) is 3.95. The van der Waals surface area contributed by atoms with Gasteiger partial charge in [0, 0.05) is 26.2 Å². The van der Waals surface area contributed by atoms with Gasteiger partial charge in [0.05, 0.1) is 25.2 Å². The first kappa shape index (κ1) is 13.8. The summed E-state index contributed by atoms with van der Waals surface area (Å²) in [4.78, 5) is 11.7. The van der Waals surface area contributed by atoms with Crippen LogP contribution in [0.3, 0.4) is 0 Å². The summed E-state index contributed by atoms with van der Waals surface area (Å²) in [5, 5.41) is 6.17. The monoisotopic (exact) mass is 256 g/mol. The number of rotatable bonds is 5. The van der Waals surface area contributed by atoms with Crippen LogP contribution < -0.4 is 10.6 Å². The summed E-state index contributed by atoms with van der Waals surface area (Å²) < 4.78 is 11.1. The van der Waals surface area contributed by atoms with Crippen LogP contribution >= 0.6 is 0 Å². The zero-order chi connectivity index (χ0) is 12.6. The molecule has 0 bridgehead atoms. The van der Waals surface area contributed by atoms with Gasteiger partial charge < -0.3 is 20.1 Å². The molecule has 0 spiro atoms. The molecule has 0 saturated carbocycles. The number of amides is 1. The second-order valence-corrected chi connectivity index (χ2v) is 5.03. The number of hydrogen-bond acceptors (Lipinski definition) is 4. The Morgan fingerprint density at radius 3 is 2.83 bits per heavy atom. The minimum absolute atomic E-state index is 0.0321. The molecule has 2 rings (SSSR count). The highest BCUT2D eigenvalue weighted by Crippen LogP contribution is 2.14. The summed E-state index contributed by atoms with van der Waals surface area (Å²) in [5.74, 6) is 0.0829. The van der Waals surface area contributed by atoms with Crippen LogP contribution in [0.5, 0.6) is 0 Å². The molecule has 0 aromatic rings. The van der Waals surface area contributed by atoms with Crippen LogP contribution in [0.15, 0.2) is 0 Å². The molecule has 0 aromatic heterocycles. The first-order valence-electron chi connectivity index (χ1n) is 7.05. The third-order valence-corrected chi connectivity index (χ3v) is 3.48. The first-order valence-corrected chi connectivity index (χ1v) is 7.05.